The molecule has 1 heterocycles. The Kier molecular flexibility index (Phi) is 2.28. The van der Waals surface area contributed by atoms with Crippen LogP contribution in [-0.4, -0.2) is 13.2 Å². The standard InChI is InChI=1S/C11H11NO2/c1-2-8-5-10-11(6-9(8)7-12)14-4-3-13-10/h5-6H,2-4H2,1H3. The molecule has 0 fully saturated rings. The highest BCUT2D eigenvalue weighted by molar-refractivity contribution is 5.52. The molecular formula is C11H11NO2. The highest BCUT2D eigenvalue weighted by Gasteiger charge is 2.14. The smallest absolute Gasteiger partial charge is 0.162 e. The Hall–Kier alpha value is -1.69. The predicted octanol–water partition coefficient (Wildman–Crippen LogP) is 1.89. The van der Waals surface area contributed by atoms with E-state index in [-0.39, 0.29) is 0 Å². The molecule has 1 aromatic carbocycles. The van der Waals surface area contributed by atoms with Crippen LogP contribution in [0.1, 0.15) is 18.1 Å². The fraction of sp³-hybridized carbons (Fsp3) is 0.364. The van der Waals surface area contributed by atoms with Crippen LogP contribution in [0, 0.1) is 11.3 Å². The van der Waals surface area contributed by atoms with Crippen molar-refractivity contribution in [3.63, 3.8) is 0 Å². The molecule has 3 nitrogen and oxygen atoms in total. The summed E-state index contributed by atoms with van der Waals surface area (Å²) >= 11 is 0. The summed E-state index contributed by atoms with van der Waals surface area (Å²) in [5.41, 5.74) is 1.69. The minimum absolute atomic E-state index is 0.559. The third-order valence-corrected chi connectivity index (χ3v) is 2.27. The summed E-state index contributed by atoms with van der Waals surface area (Å²) < 4.78 is 10.8. The minimum atomic E-state index is 0.559. The highest BCUT2D eigenvalue weighted by Crippen LogP contribution is 2.33. The Morgan fingerprint density at radius 2 is 1.93 bits per heavy atom. The molecule has 0 aliphatic carbocycles. The van der Waals surface area contributed by atoms with Crippen molar-refractivity contribution in [2.45, 2.75) is 13.3 Å². The first-order chi connectivity index (χ1) is 6.85. The van der Waals surface area contributed by atoms with Gasteiger partial charge in [0.15, 0.2) is 11.5 Å². The van der Waals surface area contributed by atoms with E-state index < -0.39 is 0 Å². The van der Waals surface area contributed by atoms with Crippen LogP contribution >= 0.6 is 0 Å². The molecule has 0 amide bonds. The number of benzene rings is 1. The molecular weight excluding hydrogens is 178 g/mol. The zero-order valence-corrected chi connectivity index (χ0v) is 8.04. The van der Waals surface area contributed by atoms with Crippen molar-refractivity contribution in [3.05, 3.63) is 23.3 Å². The highest BCUT2D eigenvalue weighted by atomic mass is 16.6. The van der Waals surface area contributed by atoms with Gasteiger partial charge in [-0.15, -0.1) is 0 Å². The van der Waals surface area contributed by atoms with Crippen LogP contribution in [0.15, 0.2) is 12.1 Å². The molecule has 1 aliphatic rings. The average Bonchev–Trinajstić information content (AvgIpc) is 2.27. The second-order valence-corrected chi connectivity index (χ2v) is 3.12. The summed E-state index contributed by atoms with van der Waals surface area (Å²) in [6.07, 6.45) is 0.833. The molecule has 14 heavy (non-hydrogen) atoms. The molecule has 1 aliphatic heterocycles. The lowest BCUT2D eigenvalue weighted by Gasteiger charge is -2.19. The van der Waals surface area contributed by atoms with Crippen molar-refractivity contribution in [2.75, 3.05) is 13.2 Å². The molecule has 72 valence electrons. The van der Waals surface area contributed by atoms with E-state index in [1.165, 1.54) is 0 Å². The normalized spacial score (nSPS) is 13.4. The van der Waals surface area contributed by atoms with Crippen molar-refractivity contribution >= 4 is 0 Å². The van der Waals surface area contributed by atoms with E-state index in [0.717, 1.165) is 17.7 Å². The van der Waals surface area contributed by atoms with Gasteiger partial charge in [-0.3, -0.25) is 0 Å². The van der Waals surface area contributed by atoms with E-state index in [1.54, 1.807) is 6.07 Å². The summed E-state index contributed by atoms with van der Waals surface area (Å²) in [5, 5.41) is 8.90. The summed E-state index contributed by atoms with van der Waals surface area (Å²) in [6, 6.07) is 5.81. The number of nitriles is 1. The van der Waals surface area contributed by atoms with E-state index in [9.17, 15) is 0 Å². The fourth-order valence-corrected chi connectivity index (χ4v) is 1.53. The van der Waals surface area contributed by atoms with Crippen LogP contribution in [0.2, 0.25) is 0 Å². The first-order valence-corrected chi connectivity index (χ1v) is 4.67. The van der Waals surface area contributed by atoms with Crippen LogP contribution in [0.25, 0.3) is 0 Å². The van der Waals surface area contributed by atoms with Gasteiger partial charge in [0.2, 0.25) is 0 Å². The largest absolute Gasteiger partial charge is 0.486 e. The van der Waals surface area contributed by atoms with Gasteiger partial charge >= 0.3 is 0 Å². The molecule has 0 N–H and O–H groups in total. The van der Waals surface area contributed by atoms with E-state index in [2.05, 4.69) is 6.07 Å². The second-order valence-electron chi connectivity index (χ2n) is 3.12. The SMILES string of the molecule is CCc1cc2c(cc1C#N)OCCO2. The van der Waals surface area contributed by atoms with Crippen LogP contribution in [0.5, 0.6) is 11.5 Å². The van der Waals surface area contributed by atoms with Gasteiger partial charge in [-0.05, 0) is 18.1 Å². The van der Waals surface area contributed by atoms with Gasteiger partial charge < -0.3 is 9.47 Å². The van der Waals surface area contributed by atoms with E-state index in [1.807, 2.05) is 13.0 Å². The van der Waals surface area contributed by atoms with E-state index in [0.29, 0.717) is 24.5 Å². The Labute approximate surface area is 82.9 Å². The zero-order chi connectivity index (χ0) is 9.97. The predicted molar refractivity (Wildman–Crippen MR) is 51.5 cm³/mol. The van der Waals surface area contributed by atoms with Crippen molar-refractivity contribution in [2.24, 2.45) is 0 Å². The molecule has 0 radical (unpaired) electrons. The maximum atomic E-state index is 8.90. The molecule has 0 saturated heterocycles. The van der Waals surface area contributed by atoms with Crippen molar-refractivity contribution < 1.29 is 9.47 Å². The van der Waals surface area contributed by atoms with Crippen molar-refractivity contribution in [1.29, 1.82) is 5.26 Å². The number of hydrogen-bond donors (Lipinski definition) is 0. The second kappa shape index (κ2) is 3.59. The number of rotatable bonds is 1. The van der Waals surface area contributed by atoms with Gasteiger partial charge in [-0.25, -0.2) is 0 Å². The maximum Gasteiger partial charge on any atom is 0.162 e. The number of fused-ring (bicyclic) bond motifs is 1. The lowest BCUT2D eigenvalue weighted by atomic mass is 10.1. The van der Waals surface area contributed by atoms with Gasteiger partial charge in [0, 0.05) is 6.07 Å². The van der Waals surface area contributed by atoms with Crippen molar-refractivity contribution in [1.82, 2.24) is 0 Å². The summed E-state index contributed by atoms with van der Waals surface area (Å²) in [6.45, 7) is 3.16. The number of aryl methyl sites for hydroxylation is 1. The fourth-order valence-electron chi connectivity index (χ4n) is 1.53. The summed E-state index contributed by atoms with van der Waals surface area (Å²) in [7, 11) is 0. The van der Waals surface area contributed by atoms with Crippen LogP contribution in [-0.2, 0) is 6.42 Å². The molecule has 0 spiro atoms. The third kappa shape index (κ3) is 1.39. The third-order valence-electron chi connectivity index (χ3n) is 2.27. The Bertz CT molecular complexity index is 393. The molecule has 3 heteroatoms. The Balaban J connectivity index is 2.50. The van der Waals surface area contributed by atoms with Crippen LogP contribution in [0.4, 0.5) is 0 Å². The quantitative estimate of drug-likeness (QED) is 0.677. The molecule has 0 atom stereocenters. The molecule has 0 bridgehead atoms. The lowest BCUT2D eigenvalue weighted by molar-refractivity contribution is 0.171. The monoisotopic (exact) mass is 189 g/mol. The number of hydrogen-bond acceptors (Lipinski definition) is 3. The Morgan fingerprint density at radius 1 is 1.29 bits per heavy atom. The zero-order valence-electron chi connectivity index (χ0n) is 8.04. The number of ether oxygens (including phenoxy) is 2. The number of nitrogens with zero attached hydrogens (tertiary/aromatic N) is 1. The average molecular weight is 189 g/mol. The van der Waals surface area contributed by atoms with Gasteiger partial charge in [-0.2, -0.15) is 5.26 Å². The maximum absolute atomic E-state index is 8.90. The van der Waals surface area contributed by atoms with Crippen LogP contribution in [0.3, 0.4) is 0 Å². The first kappa shape index (κ1) is 8.89. The van der Waals surface area contributed by atoms with Gasteiger partial charge in [0.25, 0.3) is 0 Å². The van der Waals surface area contributed by atoms with Crippen LogP contribution < -0.4 is 9.47 Å². The molecule has 2 rings (SSSR count). The Morgan fingerprint density at radius 3 is 2.50 bits per heavy atom. The van der Waals surface area contributed by atoms with Gasteiger partial charge in [0.05, 0.1) is 11.6 Å². The summed E-state index contributed by atoms with van der Waals surface area (Å²) in [5.74, 6) is 1.44. The topological polar surface area (TPSA) is 42.2 Å². The molecule has 0 unspecified atom stereocenters. The summed E-state index contributed by atoms with van der Waals surface area (Å²) in [4.78, 5) is 0. The molecule has 1 aromatic rings. The van der Waals surface area contributed by atoms with Gasteiger partial charge in [-0.1, -0.05) is 6.92 Å². The van der Waals surface area contributed by atoms with Crippen molar-refractivity contribution in [3.8, 4) is 17.6 Å². The van der Waals surface area contributed by atoms with E-state index in [4.69, 9.17) is 14.7 Å². The molecule has 0 aromatic heterocycles. The van der Waals surface area contributed by atoms with Gasteiger partial charge in [0.1, 0.15) is 13.2 Å². The van der Waals surface area contributed by atoms with E-state index >= 15 is 0 Å². The molecule has 0 saturated carbocycles. The minimum Gasteiger partial charge on any atom is -0.486 e. The first-order valence-electron chi connectivity index (χ1n) is 4.67. The lowest BCUT2D eigenvalue weighted by Crippen LogP contribution is -2.15.